The molecule has 0 bridgehead atoms. The summed E-state index contributed by atoms with van der Waals surface area (Å²) >= 11 is 0. The smallest absolute Gasteiger partial charge is 0.407 e. The van der Waals surface area contributed by atoms with Gasteiger partial charge >= 0.3 is 6.09 Å². The molecule has 0 aromatic carbocycles. The van der Waals surface area contributed by atoms with Gasteiger partial charge in [-0.1, -0.05) is 0 Å². The maximum Gasteiger partial charge on any atom is 0.407 e. The molecule has 1 fully saturated rings. The first-order valence-electron chi connectivity index (χ1n) is 9.00. The third kappa shape index (κ3) is 8.27. The molecule has 1 aliphatic rings. The number of aromatic nitrogens is 2. The van der Waals surface area contributed by atoms with Crippen molar-refractivity contribution in [2.24, 2.45) is 0 Å². The third-order valence-electron chi connectivity index (χ3n) is 3.80. The molecule has 0 saturated carbocycles. The Morgan fingerprint density at radius 2 is 2.08 bits per heavy atom. The van der Waals surface area contributed by atoms with Gasteiger partial charge in [-0.3, -0.25) is 4.90 Å². The summed E-state index contributed by atoms with van der Waals surface area (Å²) in [5.41, 5.74) is 0.297. The Morgan fingerprint density at radius 1 is 1.32 bits per heavy atom. The zero-order chi connectivity index (χ0) is 18.1. The monoisotopic (exact) mass is 350 g/mol. The molecular weight excluding hydrogens is 320 g/mol. The highest BCUT2D eigenvalue weighted by Crippen LogP contribution is 2.07. The van der Waals surface area contributed by atoms with Gasteiger partial charge in [0.15, 0.2) is 0 Å². The number of carbonyl (C=O) groups excluding carboxylic acids is 1. The number of rotatable bonds is 7. The molecule has 0 unspecified atom stereocenters. The average molecular weight is 350 g/mol. The predicted octanol–water partition coefficient (Wildman–Crippen LogP) is 2.16. The molecule has 2 rings (SSSR count). The first-order valence-corrected chi connectivity index (χ1v) is 9.00. The van der Waals surface area contributed by atoms with Crippen LogP contribution in [0.5, 0.6) is 0 Å². The highest BCUT2D eigenvalue weighted by Gasteiger charge is 2.16. The molecule has 7 heteroatoms. The summed E-state index contributed by atoms with van der Waals surface area (Å²) < 4.78 is 10.6. The third-order valence-corrected chi connectivity index (χ3v) is 3.80. The van der Waals surface area contributed by atoms with Crippen molar-refractivity contribution in [1.29, 1.82) is 0 Å². The minimum Gasteiger partial charge on any atom is -0.444 e. The van der Waals surface area contributed by atoms with Gasteiger partial charge in [0.05, 0.1) is 25.5 Å². The number of carbonyl (C=O) groups is 1. The van der Waals surface area contributed by atoms with Crippen molar-refractivity contribution in [2.45, 2.75) is 52.2 Å². The van der Waals surface area contributed by atoms with Gasteiger partial charge in [0.2, 0.25) is 0 Å². The summed E-state index contributed by atoms with van der Waals surface area (Å²) in [7, 11) is 0. The van der Waals surface area contributed by atoms with Gasteiger partial charge in [0, 0.05) is 25.7 Å². The van der Waals surface area contributed by atoms with Crippen LogP contribution in [0.4, 0.5) is 4.79 Å². The predicted molar refractivity (Wildman–Crippen MR) is 95.3 cm³/mol. The van der Waals surface area contributed by atoms with Crippen molar-refractivity contribution >= 4 is 6.09 Å². The minimum atomic E-state index is -0.499. The van der Waals surface area contributed by atoms with Gasteiger partial charge in [-0.25, -0.2) is 14.8 Å². The van der Waals surface area contributed by atoms with Crippen LogP contribution < -0.4 is 5.32 Å². The average Bonchev–Trinajstić information content (AvgIpc) is 2.57. The number of hydrogen-bond acceptors (Lipinski definition) is 6. The molecule has 1 amide bonds. The van der Waals surface area contributed by atoms with E-state index in [9.17, 15) is 4.79 Å². The first kappa shape index (κ1) is 19.6. The Labute approximate surface area is 150 Å². The summed E-state index contributed by atoms with van der Waals surface area (Å²) in [5, 5.41) is 2.72. The molecule has 1 aromatic heterocycles. The van der Waals surface area contributed by atoms with Crippen molar-refractivity contribution < 1.29 is 14.3 Å². The van der Waals surface area contributed by atoms with Crippen LogP contribution >= 0.6 is 0 Å². The molecule has 1 aromatic rings. The van der Waals surface area contributed by atoms with E-state index in [1.807, 2.05) is 26.8 Å². The lowest BCUT2D eigenvalue weighted by molar-refractivity contribution is 0.0372. The Kier molecular flexibility index (Phi) is 7.58. The summed E-state index contributed by atoms with van der Waals surface area (Å²) in [6.07, 6.45) is 4.35. The van der Waals surface area contributed by atoms with Gasteiger partial charge in [0.25, 0.3) is 0 Å². The number of hydrogen-bond donors (Lipinski definition) is 1. The number of nitrogens with one attached hydrogen (secondary N) is 1. The molecule has 0 atom stereocenters. The van der Waals surface area contributed by atoms with Crippen LogP contribution in [-0.2, 0) is 22.4 Å². The highest BCUT2D eigenvalue weighted by molar-refractivity contribution is 5.67. The minimum absolute atomic E-state index is 0.345. The number of unbranched alkanes of at least 4 members (excludes halogenated alkanes) is 1. The Morgan fingerprint density at radius 3 is 2.80 bits per heavy atom. The van der Waals surface area contributed by atoms with Crippen LogP contribution in [0.25, 0.3) is 0 Å². The zero-order valence-corrected chi connectivity index (χ0v) is 15.6. The van der Waals surface area contributed by atoms with E-state index < -0.39 is 11.7 Å². The van der Waals surface area contributed by atoms with E-state index in [-0.39, 0.29) is 0 Å². The number of amides is 1. The molecule has 0 aliphatic carbocycles. The van der Waals surface area contributed by atoms with E-state index >= 15 is 0 Å². The molecule has 0 radical (unpaired) electrons. The van der Waals surface area contributed by atoms with E-state index in [4.69, 9.17) is 9.47 Å². The van der Waals surface area contributed by atoms with Gasteiger partial charge in [0.1, 0.15) is 11.4 Å². The summed E-state index contributed by atoms with van der Waals surface area (Å²) in [4.78, 5) is 23.0. The lowest BCUT2D eigenvalue weighted by atomic mass is 10.2. The van der Waals surface area contributed by atoms with Crippen LogP contribution in [0.3, 0.4) is 0 Å². The fourth-order valence-corrected chi connectivity index (χ4v) is 2.58. The van der Waals surface area contributed by atoms with E-state index in [0.717, 1.165) is 63.6 Å². The number of aryl methyl sites for hydroxylation is 1. The molecule has 1 N–H and O–H groups in total. The molecule has 1 saturated heterocycles. The first-order chi connectivity index (χ1) is 11.9. The van der Waals surface area contributed by atoms with Crippen LogP contribution in [0.2, 0.25) is 0 Å². The largest absolute Gasteiger partial charge is 0.444 e. The van der Waals surface area contributed by atoms with Gasteiger partial charge in [-0.15, -0.1) is 0 Å². The topological polar surface area (TPSA) is 76.6 Å². The highest BCUT2D eigenvalue weighted by atomic mass is 16.6. The van der Waals surface area contributed by atoms with Gasteiger partial charge in [-0.05, 0) is 46.2 Å². The summed E-state index contributed by atoms with van der Waals surface area (Å²) in [5.74, 6) is 0.825. The molecule has 1 aliphatic heterocycles. The van der Waals surface area contributed by atoms with Crippen LogP contribution in [-0.4, -0.2) is 59.4 Å². The summed E-state index contributed by atoms with van der Waals surface area (Å²) in [6.45, 7) is 10.7. The Bertz CT molecular complexity index is 539. The van der Waals surface area contributed by atoms with E-state index in [1.165, 1.54) is 0 Å². The van der Waals surface area contributed by atoms with E-state index in [2.05, 4.69) is 20.2 Å². The van der Waals surface area contributed by atoms with Crippen LogP contribution in [0.1, 0.15) is 45.1 Å². The van der Waals surface area contributed by atoms with E-state index in [0.29, 0.717) is 6.54 Å². The Hall–Kier alpha value is -1.73. The van der Waals surface area contributed by atoms with Crippen molar-refractivity contribution in [2.75, 3.05) is 32.8 Å². The Balaban J connectivity index is 1.68. The molecule has 7 nitrogen and oxygen atoms in total. The fourth-order valence-electron chi connectivity index (χ4n) is 2.58. The maximum atomic E-state index is 11.7. The second-order valence-electron chi connectivity index (χ2n) is 7.23. The van der Waals surface area contributed by atoms with Gasteiger partial charge in [-0.2, -0.15) is 0 Å². The molecule has 25 heavy (non-hydrogen) atoms. The molecule has 0 spiro atoms. The number of nitrogens with zero attached hydrogens (tertiary/aromatic N) is 3. The lowest BCUT2D eigenvalue weighted by Crippen LogP contribution is -2.36. The van der Waals surface area contributed by atoms with Crippen molar-refractivity contribution in [3.63, 3.8) is 0 Å². The fraction of sp³-hybridized carbons (Fsp3) is 0.722. The van der Waals surface area contributed by atoms with Crippen molar-refractivity contribution in [3.8, 4) is 0 Å². The molecular formula is C18H30N4O3. The SMILES string of the molecule is CC(C)(C)OC(=O)NCc1ccnc(CCCCN2CCOCC2)n1. The normalized spacial score (nSPS) is 15.8. The van der Waals surface area contributed by atoms with Crippen molar-refractivity contribution in [3.05, 3.63) is 23.8 Å². The van der Waals surface area contributed by atoms with Gasteiger partial charge < -0.3 is 14.8 Å². The number of ether oxygens (including phenoxy) is 2. The van der Waals surface area contributed by atoms with Crippen LogP contribution in [0.15, 0.2) is 12.3 Å². The van der Waals surface area contributed by atoms with E-state index in [1.54, 1.807) is 6.20 Å². The maximum absolute atomic E-state index is 11.7. The van der Waals surface area contributed by atoms with Crippen LogP contribution in [0, 0.1) is 0 Å². The zero-order valence-electron chi connectivity index (χ0n) is 15.6. The molecule has 140 valence electrons. The summed E-state index contributed by atoms with van der Waals surface area (Å²) in [6, 6.07) is 1.81. The second-order valence-corrected chi connectivity index (χ2v) is 7.23. The van der Waals surface area contributed by atoms with Crippen molar-refractivity contribution in [1.82, 2.24) is 20.2 Å². The quantitative estimate of drug-likeness (QED) is 0.760. The number of alkyl carbamates (subject to hydrolysis) is 1. The molecule has 2 heterocycles. The second kappa shape index (κ2) is 9.68. The number of morpholine rings is 1. The standard InChI is InChI=1S/C18H30N4O3/c1-18(2,3)25-17(23)20-14-15-7-8-19-16(21-15)6-4-5-9-22-10-12-24-13-11-22/h7-8H,4-6,9-14H2,1-3H3,(H,20,23). The lowest BCUT2D eigenvalue weighted by Gasteiger charge is -2.26.